The highest BCUT2D eigenvalue weighted by atomic mass is 19.4. The van der Waals surface area contributed by atoms with Gasteiger partial charge in [0.05, 0.1) is 23.4 Å². The van der Waals surface area contributed by atoms with Gasteiger partial charge in [0.25, 0.3) is 5.91 Å². The van der Waals surface area contributed by atoms with Crippen LogP contribution in [0.1, 0.15) is 62.6 Å². The Hall–Kier alpha value is -4.68. The molecule has 0 saturated carbocycles. The Labute approximate surface area is 241 Å². The average molecular weight is 595 g/mol. The quantitative estimate of drug-likeness (QED) is 0.334. The largest absolute Gasteiger partial charge is 0.394 e. The number of pyridine rings is 2. The van der Waals surface area contributed by atoms with E-state index in [1.807, 2.05) is 6.07 Å². The van der Waals surface area contributed by atoms with Gasteiger partial charge in [-0.2, -0.15) is 13.2 Å². The van der Waals surface area contributed by atoms with E-state index in [4.69, 9.17) is 0 Å². The maximum atomic E-state index is 14.8. The molecule has 1 aliphatic carbocycles. The summed E-state index contributed by atoms with van der Waals surface area (Å²) in [6, 6.07) is 8.05. The van der Waals surface area contributed by atoms with Crippen LogP contribution < -0.4 is 10.6 Å². The second-order valence-electron chi connectivity index (χ2n) is 11.2. The third-order valence-electron chi connectivity index (χ3n) is 8.59. The molecule has 0 fully saturated rings. The van der Waals surface area contributed by atoms with Crippen LogP contribution in [0, 0.1) is 11.6 Å². The molecule has 0 radical (unpaired) electrons. The minimum Gasteiger partial charge on any atom is -0.342 e. The lowest BCUT2D eigenvalue weighted by Gasteiger charge is -2.32. The van der Waals surface area contributed by atoms with E-state index < -0.39 is 47.5 Å². The molecule has 43 heavy (non-hydrogen) atoms. The highest BCUT2D eigenvalue weighted by Gasteiger charge is 2.51. The summed E-state index contributed by atoms with van der Waals surface area (Å²) in [4.78, 5) is 39.4. The molecule has 3 aromatic heterocycles. The van der Waals surface area contributed by atoms with Gasteiger partial charge in [-0.05, 0) is 42.2 Å². The molecule has 2 aliphatic heterocycles. The van der Waals surface area contributed by atoms with Crippen LogP contribution in [0.2, 0.25) is 0 Å². The number of imidazole rings is 1. The van der Waals surface area contributed by atoms with Gasteiger partial charge in [-0.25, -0.2) is 18.7 Å². The fourth-order valence-electron chi connectivity index (χ4n) is 6.61. The fourth-order valence-corrected chi connectivity index (χ4v) is 6.61. The van der Waals surface area contributed by atoms with E-state index in [2.05, 4.69) is 25.6 Å². The average Bonchev–Trinajstić information content (AvgIpc) is 3.63. The number of alkyl halides is 3. The lowest BCUT2D eigenvalue weighted by Crippen LogP contribution is -2.36. The summed E-state index contributed by atoms with van der Waals surface area (Å²) in [5, 5.41) is 5.65. The third-order valence-corrected chi connectivity index (χ3v) is 8.59. The normalized spacial score (nSPS) is 22.2. The summed E-state index contributed by atoms with van der Waals surface area (Å²) in [5.41, 5.74) is 1.34. The first kappa shape index (κ1) is 27.2. The van der Waals surface area contributed by atoms with E-state index in [1.165, 1.54) is 22.9 Å². The number of halogens is 5. The Kier molecular flexibility index (Phi) is 6.12. The molecule has 1 aromatic carbocycles. The van der Waals surface area contributed by atoms with Gasteiger partial charge in [-0.15, -0.1) is 0 Å². The van der Waals surface area contributed by atoms with Crippen LogP contribution in [0.25, 0.3) is 0 Å². The molecule has 0 unspecified atom stereocenters. The molecule has 8 nitrogen and oxygen atoms in total. The number of anilines is 1. The number of fused-ring (bicyclic) bond motifs is 4. The minimum absolute atomic E-state index is 0.00524. The van der Waals surface area contributed by atoms with Crippen LogP contribution in [0.5, 0.6) is 0 Å². The van der Waals surface area contributed by atoms with Crippen LogP contribution in [0.3, 0.4) is 0 Å². The maximum Gasteiger partial charge on any atom is 0.394 e. The number of carbonyl (C=O) groups excluding carboxylic acids is 2. The van der Waals surface area contributed by atoms with Gasteiger partial charge in [0.2, 0.25) is 5.91 Å². The highest BCUT2D eigenvalue weighted by Crippen LogP contribution is 2.46. The van der Waals surface area contributed by atoms with Crippen molar-refractivity contribution in [3.8, 4) is 0 Å². The number of nitrogens with zero attached hydrogens (tertiary/aromatic N) is 4. The summed E-state index contributed by atoms with van der Waals surface area (Å²) < 4.78 is 70.2. The monoisotopic (exact) mass is 594 g/mol. The van der Waals surface area contributed by atoms with E-state index in [1.54, 1.807) is 18.3 Å². The molecule has 1 spiro atoms. The lowest BCUT2D eigenvalue weighted by atomic mass is 9.80. The predicted octanol–water partition coefficient (Wildman–Crippen LogP) is 4.70. The molecule has 0 saturated heterocycles. The summed E-state index contributed by atoms with van der Waals surface area (Å²) in [6.07, 6.45) is -0.958. The van der Waals surface area contributed by atoms with Gasteiger partial charge in [0.15, 0.2) is 11.6 Å². The van der Waals surface area contributed by atoms with Crippen molar-refractivity contribution in [3.05, 3.63) is 106 Å². The maximum absolute atomic E-state index is 14.8. The molecule has 220 valence electrons. The molecule has 4 aromatic rings. The fraction of sp³-hybridized carbons (Fsp3) is 0.300. The Morgan fingerprint density at radius 2 is 1.93 bits per heavy atom. The number of carbonyl (C=O) groups is 2. The number of hydrogen-bond donors (Lipinski definition) is 2. The van der Waals surface area contributed by atoms with E-state index in [0.29, 0.717) is 24.4 Å². The molecule has 2 amide bonds. The molecule has 2 N–H and O–H groups in total. The van der Waals surface area contributed by atoms with Crippen molar-refractivity contribution in [1.82, 2.24) is 24.8 Å². The van der Waals surface area contributed by atoms with Crippen molar-refractivity contribution in [2.45, 2.75) is 55.8 Å². The number of rotatable bonds is 4. The van der Waals surface area contributed by atoms with Crippen molar-refractivity contribution in [2.24, 2.45) is 0 Å². The van der Waals surface area contributed by atoms with Crippen molar-refractivity contribution >= 4 is 17.6 Å². The van der Waals surface area contributed by atoms with E-state index >= 15 is 0 Å². The zero-order valence-electron chi connectivity index (χ0n) is 22.4. The van der Waals surface area contributed by atoms with Crippen LogP contribution in [0.4, 0.5) is 27.8 Å². The second-order valence-corrected chi connectivity index (χ2v) is 11.2. The molecule has 5 heterocycles. The number of hydrogen-bond acceptors (Lipinski definition) is 5. The highest BCUT2D eigenvalue weighted by molar-refractivity contribution is 6.06. The van der Waals surface area contributed by atoms with Crippen molar-refractivity contribution in [1.29, 1.82) is 0 Å². The van der Waals surface area contributed by atoms with Crippen molar-refractivity contribution < 1.29 is 31.5 Å². The van der Waals surface area contributed by atoms with E-state index in [0.717, 1.165) is 23.4 Å². The molecule has 0 bridgehead atoms. The van der Waals surface area contributed by atoms with Crippen LogP contribution >= 0.6 is 0 Å². The Bertz CT molecular complexity index is 1800. The Morgan fingerprint density at radius 3 is 2.74 bits per heavy atom. The van der Waals surface area contributed by atoms with E-state index in [-0.39, 0.29) is 41.5 Å². The molecular formula is C30H23F5N6O2. The third kappa shape index (κ3) is 4.54. The minimum atomic E-state index is -4.52. The predicted molar refractivity (Wildman–Crippen MR) is 142 cm³/mol. The standard InChI is InChI=1S/C30H23F5N6O2/c31-21-5-1-3-19(24(21)32)17-8-22(26-38-13-18(41(26)14-17)10-30(33,34)35)39-27(42)16-7-15-9-29(11-23(15)37-12-16)20-4-2-6-36-25(20)40-28(29)43/h1-7,12-13,17,22H,8-11,14H2,(H,39,42)(H,36,40,43)/t17-,22+,29+/m1/s1. The summed E-state index contributed by atoms with van der Waals surface area (Å²) in [7, 11) is 0. The number of nitrogens with one attached hydrogen (secondary N) is 2. The Morgan fingerprint density at radius 1 is 1.09 bits per heavy atom. The number of benzene rings is 1. The van der Waals surface area contributed by atoms with Gasteiger partial charge in [0.1, 0.15) is 11.6 Å². The molecule has 3 atom stereocenters. The first-order chi connectivity index (χ1) is 20.5. The van der Waals surface area contributed by atoms with Crippen molar-refractivity contribution in [2.75, 3.05) is 5.32 Å². The van der Waals surface area contributed by atoms with Gasteiger partial charge in [0, 0.05) is 54.4 Å². The smallest absolute Gasteiger partial charge is 0.342 e. The van der Waals surface area contributed by atoms with E-state index in [9.17, 15) is 31.5 Å². The Balaban J connectivity index is 1.18. The van der Waals surface area contributed by atoms with Crippen LogP contribution in [-0.2, 0) is 36.0 Å². The number of amides is 2. The molecule has 7 rings (SSSR count). The van der Waals surface area contributed by atoms with Gasteiger partial charge >= 0.3 is 6.18 Å². The lowest BCUT2D eigenvalue weighted by molar-refractivity contribution is -0.128. The van der Waals surface area contributed by atoms with Gasteiger partial charge < -0.3 is 15.2 Å². The topological polar surface area (TPSA) is 102 Å². The van der Waals surface area contributed by atoms with Gasteiger partial charge in [-0.3, -0.25) is 14.6 Å². The number of aromatic nitrogens is 4. The second kappa shape index (κ2) is 9.68. The molecule has 13 heteroatoms. The molecule has 3 aliphatic rings. The van der Waals surface area contributed by atoms with Gasteiger partial charge in [-0.1, -0.05) is 18.2 Å². The molecular weight excluding hydrogens is 571 g/mol. The zero-order chi connectivity index (χ0) is 30.1. The zero-order valence-corrected chi connectivity index (χ0v) is 22.4. The van der Waals surface area contributed by atoms with Crippen molar-refractivity contribution in [3.63, 3.8) is 0 Å². The SMILES string of the molecule is O=C(N[C@H]1C[C@@H](c2cccc(F)c2F)Cn2c(CC(F)(F)F)cnc21)c1cnc2c(c1)C[C@@]1(C2)C(=O)Nc2ncccc21. The summed E-state index contributed by atoms with van der Waals surface area (Å²) in [5.74, 6) is -2.94. The van der Waals surface area contributed by atoms with Crippen LogP contribution in [0.15, 0.2) is 55.0 Å². The first-order valence-electron chi connectivity index (χ1n) is 13.6. The summed E-state index contributed by atoms with van der Waals surface area (Å²) >= 11 is 0. The summed E-state index contributed by atoms with van der Waals surface area (Å²) in [6.45, 7) is -0.0611. The van der Waals surface area contributed by atoms with Crippen LogP contribution in [-0.4, -0.2) is 37.5 Å². The first-order valence-corrected chi connectivity index (χ1v) is 13.6.